The summed E-state index contributed by atoms with van der Waals surface area (Å²) in [6.07, 6.45) is -0.0123. The molecule has 0 amide bonds. The summed E-state index contributed by atoms with van der Waals surface area (Å²) in [5, 5.41) is 38.4. The molecule has 1 heterocycles. The smallest absolute Gasteiger partial charge is 0.240 e. The number of aliphatic hydroxyl groups is 1. The van der Waals surface area contributed by atoms with Crippen molar-refractivity contribution in [2.45, 2.75) is 19.3 Å². The number of nitrogens with zero attached hydrogens (tertiary/aromatic N) is 4. The fourth-order valence-electron chi connectivity index (χ4n) is 3.11. The van der Waals surface area contributed by atoms with E-state index in [0.717, 1.165) is 0 Å². The van der Waals surface area contributed by atoms with E-state index in [2.05, 4.69) is 11.1 Å². The van der Waals surface area contributed by atoms with Crippen LogP contribution in [-0.2, 0) is 6.42 Å². The lowest BCUT2D eigenvalue weighted by Crippen LogP contribution is -2.35. The average Bonchev–Trinajstić information content (AvgIpc) is 2.70. The number of aromatic amines is 1. The van der Waals surface area contributed by atoms with Gasteiger partial charge in [0.1, 0.15) is 29.1 Å². The van der Waals surface area contributed by atoms with Crippen LogP contribution in [0.5, 0.6) is 0 Å². The highest BCUT2D eigenvalue weighted by atomic mass is 19.1. The van der Waals surface area contributed by atoms with Crippen molar-refractivity contribution in [2.75, 3.05) is 30.3 Å². The Morgan fingerprint density at radius 3 is 2.43 bits per heavy atom. The number of hydrogen-bond donors (Lipinski definition) is 2. The molecule has 0 bridgehead atoms. The molecule has 142 valence electrons. The molecule has 2 rings (SSSR count). The van der Waals surface area contributed by atoms with Crippen LogP contribution in [0.4, 0.5) is 16.0 Å². The number of nitrogen functional groups attached to an aromatic ring is 1. The number of halogens is 1. The topological polar surface area (TPSA) is 135 Å². The highest BCUT2D eigenvalue weighted by Crippen LogP contribution is 2.32. The molecule has 0 aliphatic rings. The van der Waals surface area contributed by atoms with E-state index in [-0.39, 0.29) is 42.1 Å². The Morgan fingerprint density at radius 2 is 1.89 bits per heavy atom. The van der Waals surface area contributed by atoms with E-state index in [0.29, 0.717) is 17.9 Å². The van der Waals surface area contributed by atoms with E-state index >= 15 is 0 Å². The summed E-state index contributed by atoms with van der Waals surface area (Å²) >= 11 is 0. The molecular weight excluding hydrogens is 359 g/mol. The zero-order valence-corrected chi connectivity index (χ0v) is 15.4. The van der Waals surface area contributed by atoms with Gasteiger partial charge in [-0.3, -0.25) is 4.90 Å². The maximum Gasteiger partial charge on any atom is 0.240 e. The van der Waals surface area contributed by atoms with Crippen LogP contribution in [0.2, 0.25) is 0 Å². The van der Waals surface area contributed by atoms with E-state index in [9.17, 15) is 25.3 Å². The Kier molecular flexibility index (Phi) is 6.87. The molecular formula is C20H20FN6O+. The van der Waals surface area contributed by atoms with E-state index in [1.54, 1.807) is 23.1 Å². The van der Waals surface area contributed by atoms with Crippen LogP contribution in [0.15, 0.2) is 24.3 Å². The molecule has 1 atom stereocenters. The molecule has 0 fully saturated rings. The Bertz CT molecular complexity index is 986. The van der Waals surface area contributed by atoms with E-state index in [1.807, 2.05) is 19.1 Å². The highest BCUT2D eigenvalue weighted by Gasteiger charge is 2.30. The Hall–Kier alpha value is -3.67. The van der Waals surface area contributed by atoms with Gasteiger partial charge in [-0.25, -0.2) is 9.37 Å². The Labute approximate surface area is 162 Å². The predicted octanol–water partition coefficient (Wildman–Crippen LogP) is 1.63. The Morgan fingerprint density at radius 1 is 1.21 bits per heavy atom. The van der Waals surface area contributed by atoms with E-state index in [4.69, 9.17) is 5.73 Å². The molecule has 0 radical (unpaired) electrons. The predicted molar refractivity (Wildman–Crippen MR) is 100 cm³/mol. The third-order valence-corrected chi connectivity index (χ3v) is 4.48. The number of aromatic nitrogens is 1. The summed E-state index contributed by atoms with van der Waals surface area (Å²) in [5.41, 5.74) is 6.55. The van der Waals surface area contributed by atoms with Gasteiger partial charge in [-0.1, -0.05) is 18.2 Å². The van der Waals surface area contributed by atoms with Gasteiger partial charge in [0, 0.05) is 5.56 Å². The number of nitriles is 3. The molecule has 28 heavy (non-hydrogen) atoms. The molecule has 4 N–H and O–H groups in total. The number of pyridine rings is 1. The van der Waals surface area contributed by atoms with Gasteiger partial charge in [-0.15, -0.1) is 0 Å². The first-order valence-electron chi connectivity index (χ1n) is 8.69. The summed E-state index contributed by atoms with van der Waals surface area (Å²) in [6.45, 7) is 2.37. The van der Waals surface area contributed by atoms with Crippen molar-refractivity contribution >= 4 is 11.6 Å². The molecule has 2 aromatic rings. The fraction of sp³-hybridized carbons (Fsp3) is 0.300. The van der Waals surface area contributed by atoms with Crippen molar-refractivity contribution in [3.8, 4) is 18.2 Å². The standard InChI is InChI=1S/C20H19FN6O/c1-2-27(7-8-28)20-16(12-24)18(15(11-23)19(25)26-20)14(10-22)9-13-5-3-4-6-17(13)21/h3-6,14,28H,2,7-9H2,1H3,(H2,25,26)/p+1/t14-/m1/s1. The van der Waals surface area contributed by atoms with Crippen LogP contribution in [0.3, 0.4) is 0 Å². The molecule has 0 aliphatic heterocycles. The van der Waals surface area contributed by atoms with E-state index < -0.39 is 11.7 Å². The van der Waals surface area contributed by atoms with Crippen LogP contribution in [0.25, 0.3) is 0 Å². The molecule has 8 heteroatoms. The summed E-state index contributed by atoms with van der Waals surface area (Å²) in [4.78, 5) is 4.53. The van der Waals surface area contributed by atoms with Crippen LogP contribution in [0.1, 0.15) is 35.1 Å². The number of aliphatic hydroxyl groups excluding tert-OH is 1. The second kappa shape index (κ2) is 9.32. The third-order valence-electron chi connectivity index (χ3n) is 4.48. The largest absolute Gasteiger partial charge is 0.393 e. The highest BCUT2D eigenvalue weighted by molar-refractivity contribution is 5.66. The van der Waals surface area contributed by atoms with Gasteiger partial charge < -0.3 is 10.8 Å². The Balaban J connectivity index is 2.71. The van der Waals surface area contributed by atoms with Crippen LogP contribution >= 0.6 is 0 Å². The van der Waals surface area contributed by atoms with Gasteiger partial charge in [0.25, 0.3) is 0 Å². The molecule has 7 nitrogen and oxygen atoms in total. The quantitative estimate of drug-likeness (QED) is 0.751. The normalized spacial score (nSPS) is 11.1. The maximum atomic E-state index is 14.1. The van der Waals surface area contributed by atoms with Gasteiger partial charge in [-0.05, 0) is 25.0 Å². The average molecular weight is 379 g/mol. The first-order chi connectivity index (χ1) is 13.5. The van der Waals surface area contributed by atoms with Crippen molar-refractivity contribution in [3.05, 3.63) is 52.3 Å². The van der Waals surface area contributed by atoms with Crippen LogP contribution in [0, 0.1) is 39.8 Å². The van der Waals surface area contributed by atoms with Crippen molar-refractivity contribution in [2.24, 2.45) is 0 Å². The summed E-state index contributed by atoms with van der Waals surface area (Å²) in [6, 6.07) is 12.1. The number of anilines is 2. The van der Waals surface area contributed by atoms with Crippen LogP contribution in [-0.4, -0.2) is 24.8 Å². The van der Waals surface area contributed by atoms with Crippen molar-refractivity contribution < 1.29 is 14.5 Å². The lowest BCUT2D eigenvalue weighted by Gasteiger charge is -2.21. The van der Waals surface area contributed by atoms with Crippen molar-refractivity contribution in [1.29, 1.82) is 15.8 Å². The second-order valence-electron chi connectivity index (χ2n) is 6.06. The van der Waals surface area contributed by atoms with E-state index in [1.165, 1.54) is 6.07 Å². The zero-order valence-electron chi connectivity index (χ0n) is 15.4. The molecule has 0 unspecified atom stereocenters. The molecule has 1 aromatic heterocycles. The molecule has 0 aliphatic carbocycles. The van der Waals surface area contributed by atoms with Gasteiger partial charge in [0.05, 0.1) is 31.7 Å². The summed E-state index contributed by atoms with van der Waals surface area (Å²) in [7, 11) is 0. The monoisotopic (exact) mass is 379 g/mol. The SMILES string of the molecule is CCN(CCO)c1[nH+]c(N)c(C#N)c([C@@H](C#N)Cc2ccccc2F)c1C#N. The van der Waals surface area contributed by atoms with Gasteiger partial charge in [0.2, 0.25) is 11.6 Å². The number of rotatable bonds is 7. The molecule has 0 spiro atoms. The molecule has 0 saturated carbocycles. The lowest BCUT2D eigenvalue weighted by molar-refractivity contribution is -0.347. The minimum absolute atomic E-state index is 0.0108. The van der Waals surface area contributed by atoms with Gasteiger partial charge in [0.15, 0.2) is 0 Å². The lowest BCUT2D eigenvalue weighted by atomic mass is 9.87. The second-order valence-corrected chi connectivity index (χ2v) is 6.06. The van der Waals surface area contributed by atoms with Gasteiger partial charge in [-0.2, -0.15) is 15.8 Å². The first-order valence-corrected chi connectivity index (χ1v) is 8.69. The zero-order chi connectivity index (χ0) is 20.7. The maximum absolute atomic E-state index is 14.1. The summed E-state index contributed by atoms with van der Waals surface area (Å²) in [5.74, 6) is -1.09. The number of nitrogens with one attached hydrogen (secondary N) is 1. The minimum atomic E-state index is -0.954. The first kappa shape index (κ1) is 20.6. The van der Waals surface area contributed by atoms with Gasteiger partial charge >= 0.3 is 0 Å². The molecule has 0 saturated heterocycles. The number of nitrogens with two attached hydrogens (primary N) is 1. The van der Waals surface area contributed by atoms with Crippen molar-refractivity contribution in [3.63, 3.8) is 0 Å². The third kappa shape index (κ3) is 4.01. The number of hydrogen-bond acceptors (Lipinski definition) is 6. The number of H-pyrrole nitrogens is 1. The number of likely N-dealkylation sites (N-methyl/N-ethyl adjacent to an activating group) is 1. The minimum Gasteiger partial charge on any atom is -0.393 e. The molecule has 1 aromatic carbocycles. The van der Waals surface area contributed by atoms with Crippen molar-refractivity contribution in [1.82, 2.24) is 0 Å². The van der Waals surface area contributed by atoms with Crippen LogP contribution < -0.4 is 15.6 Å². The number of benzene rings is 1. The summed E-state index contributed by atoms with van der Waals surface area (Å²) < 4.78 is 14.1. The fourth-order valence-corrected chi connectivity index (χ4v) is 3.11.